The van der Waals surface area contributed by atoms with Crippen LogP contribution in [-0.4, -0.2) is 12.7 Å². The monoisotopic (exact) mass is 372 g/mol. The van der Waals surface area contributed by atoms with Crippen LogP contribution in [0.3, 0.4) is 0 Å². The van der Waals surface area contributed by atoms with Crippen molar-refractivity contribution in [2.24, 2.45) is 5.92 Å². The number of hydrogen-bond donors (Lipinski definition) is 0. The van der Waals surface area contributed by atoms with E-state index < -0.39 is 0 Å². The van der Waals surface area contributed by atoms with Gasteiger partial charge < -0.3 is 4.74 Å². The predicted molar refractivity (Wildman–Crippen MR) is 118 cm³/mol. The van der Waals surface area contributed by atoms with E-state index in [1.165, 1.54) is 49.7 Å². The summed E-state index contributed by atoms with van der Waals surface area (Å²) in [5, 5.41) is 0. The molecule has 1 heteroatoms. The highest BCUT2D eigenvalue weighted by Crippen LogP contribution is 2.29. The Morgan fingerprint density at radius 2 is 1.50 bits per heavy atom. The number of benzene rings is 2. The molecule has 0 aromatic heterocycles. The SMILES string of the molecule is C/C=C/COC1CCC(CCc2ccc(C#Cc3ccc(C)cc3)cc2)CC1. The lowest BCUT2D eigenvalue weighted by atomic mass is 9.83. The first-order chi connectivity index (χ1) is 13.7. The van der Waals surface area contributed by atoms with Gasteiger partial charge in [-0.25, -0.2) is 0 Å². The van der Waals surface area contributed by atoms with Gasteiger partial charge in [-0.3, -0.25) is 0 Å². The minimum Gasteiger partial charge on any atom is -0.374 e. The van der Waals surface area contributed by atoms with Gasteiger partial charge in [0.05, 0.1) is 12.7 Å². The van der Waals surface area contributed by atoms with E-state index in [4.69, 9.17) is 4.74 Å². The maximum absolute atomic E-state index is 5.91. The van der Waals surface area contributed by atoms with Crippen LogP contribution in [0.2, 0.25) is 0 Å². The van der Waals surface area contributed by atoms with Crippen molar-refractivity contribution in [3.63, 3.8) is 0 Å². The zero-order chi connectivity index (χ0) is 19.6. The van der Waals surface area contributed by atoms with Gasteiger partial charge in [0.1, 0.15) is 0 Å². The molecule has 0 atom stereocenters. The Hall–Kier alpha value is -2.30. The number of aryl methyl sites for hydroxylation is 2. The Morgan fingerprint density at radius 1 is 0.893 bits per heavy atom. The molecule has 0 radical (unpaired) electrons. The van der Waals surface area contributed by atoms with Crippen molar-refractivity contribution >= 4 is 0 Å². The molecule has 1 aliphatic rings. The largest absolute Gasteiger partial charge is 0.374 e. The fourth-order valence-electron chi connectivity index (χ4n) is 3.78. The van der Waals surface area contributed by atoms with Crippen LogP contribution >= 0.6 is 0 Å². The van der Waals surface area contributed by atoms with Crippen molar-refractivity contribution in [1.82, 2.24) is 0 Å². The average molecular weight is 373 g/mol. The Kier molecular flexibility index (Phi) is 7.94. The van der Waals surface area contributed by atoms with Gasteiger partial charge in [-0.05, 0) is 88.1 Å². The molecule has 0 amide bonds. The maximum Gasteiger partial charge on any atom is 0.0651 e. The van der Waals surface area contributed by atoms with E-state index in [1.54, 1.807) is 0 Å². The summed E-state index contributed by atoms with van der Waals surface area (Å²) in [4.78, 5) is 0. The predicted octanol–water partition coefficient (Wildman–Crippen LogP) is 6.48. The molecule has 1 saturated carbocycles. The molecule has 1 aliphatic carbocycles. The molecule has 0 aliphatic heterocycles. The van der Waals surface area contributed by atoms with Crippen molar-refractivity contribution in [2.45, 2.75) is 58.5 Å². The van der Waals surface area contributed by atoms with Crippen LogP contribution in [0.4, 0.5) is 0 Å². The zero-order valence-corrected chi connectivity index (χ0v) is 17.3. The quantitative estimate of drug-likeness (QED) is 0.416. The minimum absolute atomic E-state index is 0.471. The first-order valence-corrected chi connectivity index (χ1v) is 10.6. The van der Waals surface area contributed by atoms with Crippen molar-refractivity contribution in [1.29, 1.82) is 0 Å². The first-order valence-electron chi connectivity index (χ1n) is 10.6. The molecule has 0 bridgehead atoms. The van der Waals surface area contributed by atoms with Gasteiger partial charge in [0.2, 0.25) is 0 Å². The van der Waals surface area contributed by atoms with Crippen molar-refractivity contribution in [2.75, 3.05) is 6.61 Å². The second kappa shape index (κ2) is 10.9. The molecule has 0 heterocycles. The molecule has 0 spiro atoms. The van der Waals surface area contributed by atoms with E-state index in [2.05, 4.69) is 79.4 Å². The molecule has 0 N–H and O–H groups in total. The van der Waals surface area contributed by atoms with Crippen LogP contribution in [-0.2, 0) is 11.2 Å². The van der Waals surface area contributed by atoms with Crippen LogP contribution in [0.25, 0.3) is 0 Å². The third-order valence-corrected chi connectivity index (χ3v) is 5.66. The van der Waals surface area contributed by atoms with E-state index in [9.17, 15) is 0 Å². The summed E-state index contributed by atoms with van der Waals surface area (Å²) >= 11 is 0. The van der Waals surface area contributed by atoms with E-state index >= 15 is 0 Å². The second-order valence-corrected chi connectivity index (χ2v) is 7.90. The van der Waals surface area contributed by atoms with Crippen LogP contribution in [0.1, 0.15) is 61.3 Å². The number of allylic oxidation sites excluding steroid dienone is 1. The van der Waals surface area contributed by atoms with Gasteiger partial charge in [0.15, 0.2) is 0 Å². The molecule has 146 valence electrons. The summed E-state index contributed by atoms with van der Waals surface area (Å²) in [6.07, 6.45) is 12.1. The normalized spacial score (nSPS) is 19.4. The highest BCUT2D eigenvalue weighted by Gasteiger charge is 2.21. The van der Waals surface area contributed by atoms with Crippen molar-refractivity contribution in [3.8, 4) is 11.8 Å². The molecular weight excluding hydrogens is 340 g/mol. The molecule has 2 aromatic carbocycles. The Balaban J connectivity index is 1.42. The molecule has 2 aromatic rings. The fraction of sp³-hybridized carbons (Fsp3) is 0.407. The standard InChI is InChI=1S/C27H32O/c1-3-4-21-28-27-19-17-26(18-20-27)16-15-25-13-11-24(12-14-25)10-9-23-7-5-22(2)6-8-23/h3-8,11-14,26-27H,15-21H2,1-2H3/b4-3+. The van der Waals surface area contributed by atoms with Gasteiger partial charge >= 0.3 is 0 Å². The first kappa shape index (κ1) is 20.4. The minimum atomic E-state index is 0.471. The molecule has 28 heavy (non-hydrogen) atoms. The van der Waals surface area contributed by atoms with Gasteiger partial charge in [-0.1, -0.05) is 53.8 Å². The van der Waals surface area contributed by atoms with Crippen molar-refractivity contribution < 1.29 is 4.74 Å². The topological polar surface area (TPSA) is 9.23 Å². The second-order valence-electron chi connectivity index (χ2n) is 7.90. The van der Waals surface area contributed by atoms with Crippen LogP contribution in [0.5, 0.6) is 0 Å². The van der Waals surface area contributed by atoms with Gasteiger partial charge in [-0.15, -0.1) is 0 Å². The fourth-order valence-corrected chi connectivity index (χ4v) is 3.78. The smallest absolute Gasteiger partial charge is 0.0651 e. The molecule has 3 rings (SSSR count). The van der Waals surface area contributed by atoms with E-state index in [0.717, 1.165) is 23.7 Å². The van der Waals surface area contributed by atoms with E-state index in [-0.39, 0.29) is 0 Å². The lowest BCUT2D eigenvalue weighted by molar-refractivity contribution is 0.0336. The Morgan fingerprint density at radius 3 is 2.11 bits per heavy atom. The third kappa shape index (κ3) is 6.70. The molecular formula is C27H32O. The Bertz CT molecular complexity index is 794. The summed E-state index contributed by atoms with van der Waals surface area (Å²) < 4.78 is 5.91. The lowest BCUT2D eigenvalue weighted by Crippen LogP contribution is -2.22. The highest BCUT2D eigenvalue weighted by atomic mass is 16.5. The third-order valence-electron chi connectivity index (χ3n) is 5.66. The zero-order valence-electron chi connectivity index (χ0n) is 17.3. The highest BCUT2D eigenvalue weighted by molar-refractivity contribution is 5.43. The Labute approximate surface area is 170 Å². The summed E-state index contributed by atoms with van der Waals surface area (Å²) in [5.74, 6) is 7.37. The van der Waals surface area contributed by atoms with Gasteiger partial charge in [0, 0.05) is 11.1 Å². The van der Waals surface area contributed by atoms with Crippen molar-refractivity contribution in [3.05, 3.63) is 82.9 Å². The van der Waals surface area contributed by atoms with E-state index in [1.807, 2.05) is 6.92 Å². The number of rotatable bonds is 6. The van der Waals surface area contributed by atoms with Gasteiger partial charge in [0.25, 0.3) is 0 Å². The lowest BCUT2D eigenvalue weighted by Gasteiger charge is -2.28. The van der Waals surface area contributed by atoms with Gasteiger partial charge in [-0.2, -0.15) is 0 Å². The molecule has 1 nitrogen and oxygen atoms in total. The van der Waals surface area contributed by atoms with Crippen LogP contribution in [0, 0.1) is 24.7 Å². The number of ether oxygens (including phenoxy) is 1. The molecule has 0 unspecified atom stereocenters. The summed E-state index contributed by atoms with van der Waals surface area (Å²) in [7, 11) is 0. The summed E-state index contributed by atoms with van der Waals surface area (Å²) in [5.41, 5.74) is 4.85. The number of hydrogen-bond acceptors (Lipinski definition) is 1. The van der Waals surface area contributed by atoms with Crippen LogP contribution < -0.4 is 0 Å². The maximum atomic E-state index is 5.91. The average Bonchev–Trinajstić information content (AvgIpc) is 2.74. The molecule has 0 saturated heterocycles. The van der Waals surface area contributed by atoms with Crippen LogP contribution in [0.15, 0.2) is 60.7 Å². The summed E-state index contributed by atoms with van der Waals surface area (Å²) in [6.45, 7) is 4.91. The summed E-state index contributed by atoms with van der Waals surface area (Å²) in [6, 6.07) is 17.2. The molecule has 1 fully saturated rings. The van der Waals surface area contributed by atoms with E-state index in [0.29, 0.717) is 6.10 Å².